The number of esters is 1. The van der Waals surface area contributed by atoms with Crippen LogP contribution in [0.1, 0.15) is 31.7 Å². The molecule has 4 heteroatoms. The maximum absolute atomic E-state index is 12.6. The Hall–Kier alpha value is -1.65. The first kappa shape index (κ1) is 17.7. The molecule has 1 heterocycles. The van der Waals surface area contributed by atoms with Crippen LogP contribution in [0.3, 0.4) is 0 Å². The summed E-state index contributed by atoms with van der Waals surface area (Å²) in [6, 6.07) is 10.1. The molecule has 1 aromatic carbocycles. The summed E-state index contributed by atoms with van der Waals surface area (Å²) in [4.78, 5) is 14.7. The number of hydrogen-bond donors (Lipinski definition) is 1. The molecule has 0 aromatic heterocycles. The predicted octanol–water partition coefficient (Wildman–Crippen LogP) is 2.73. The van der Waals surface area contributed by atoms with Gasteiger partial charge in [0, 0.05) is 13.1 Å². The molecule has 1 N–H and O–H groups in total. The first-order valence-corrected chi connectivity index (χ1v) is 8.42. The number of β-amino-alcohol motifs (C(OH)–C–C–N with tert-alkyl or cyclic N) is 1. The van der Waals surface area contributed by atoms with E-state index in [-0.39, 0.29) is 12.6 Å². The zero-order valence-electron chi connectivity index (χ0n) is 13.9. The molecule has 1 fully saturated rings. The molecule has 1 atom stereocenters. The zero-order chi connectivity index (χ0) is 16.5. The molecule has 0 amide bonds. The van der Waals surface area contributed by atoms with Crippen LogP contribution in [0, 0.1) is 5.41 Å². The van der Waals surface area contributed by atoms with Crippen molar-refractivity contribution >= 4 is 12.0 Å². The van der Waals surface area contributed by atoms with E-state index in [4.69, 9.17) is 4.74 Å². The van der Waals surface area contributed by atoms with Gasteiger partial charge in [-0.15, -0.1) is 0 Å². The molecular formula is C19H27NO3. The number of carbonyl (C=O) groups is 1. The number of ether oxygens (including phenoxy) is 1. The summed E-state index contributed by atoms with van der Waals surface area (Å²) in [5.41, 5.74) is 0.642. The van der Waals surface area contributed by atoms with Crippen LogP contribution in [0.2, 0.25) is 0 Å². The summed E-state index contributed by atoms with van der Waals surface area (Å²) in [7, 11) is 0. The third kappa shape index (κ3) is 4.91. The summed E-state index contributed by atoms with van der Waals surface area (Å²) in [5, 5.41) is 9.18. The number of rotatable bonds is 7. The van der Waals surface area contributed by atoms with E-state index in [0.29, 0.717) is 26.1 Å². The maximum atomic E-state index is 12.6. The Balaban J connectivity index is 2.10. The number of allylic oxidation sites excluding steroid dienone is 1. The molecular weight excluding hydrogens is 290 g/mol. The minimum absolute atomic E-state index is 0.111. The lowest BCUT2D eigenvalue weighted by molar-refractivity contribution is -0.159. The molecule has 1 aliphatic rings. The highest BCUT2D eigenvalue weighted by molar-refractivity contribution is 5.77. The lowest BCUT2D eigenvalue weighted by Crippen LogP contribution is -2.49. The third-order valence-electron chi connectivity index (χ3n) is 4.40. The van der Waals surface area contributed by atoms with Gasteiger partial charge in [0.2, 0.25) is 0 Å². The minimum Gasteiger partial charge on any atom is -0.466 e. The molecule has 0 bridgehead atoms. The lowest BCUT2D eigenvalue weighted by atomic mass is 9.76. The largest absolute Gasteiger partial charge is 0.466 e. The number of likely N-dealkylation sites (tertiary alicyclic amines) is 1. The molecule has 4 nitrogen and oxygen atoms in total. The Morgan fingerprint density at radius 3 is 2.87 bits per heavy atom. The van der Waals surface area contributed by atoms with Gasteiger partial charge < -0.3 is 9.84 Å². The second-order valence-corrected chi connectivity index (χ2v) is 6.12. The van der Waals surface area contributed by atoms with E-state index in [1.54, 1.807) is 0 Å². The fourth-order valence-electron chi connectivity index (χ4n) is 3.24. The average Bonchev–Trinajstić information content (AvgIpc) is 2.57. The van der Waals surface area contributed by atoms with Crippen molar-refractivity contribution in [2.24, 2.45) is 5.41 Å². The van der Waals surface area contributed by atoms with Crippen LogP contribution >= 0.6 is 0 Å². The van der Waals surface area contributed by atoms with Gasteiger partial charge in [-0.25, -0.2) is 0 Å². The number of carbonyl (C=O) groups excluding carboxylic acids is 1. The highest BCUT2D eigenvalue weighted by Crippen LogP contribution is 2.35. The van der Waals surface area contributed by atoms with Crippen molar-refractivity contribution in [3.05, 3.63) is 42.0 Å². The minimum atomic E-state index is -0.491. The summed E-state index contributed by atoms with van der Waals surface area (Å²) < 4.78 is 5.35. The average molecular weight is 317 g/mol. The van der Waals surface area contributed by atoms with Gasteiger partial charge in [-0.2, -0.15) is 0 Å². The van der Waals surface area contributed by atoms with Gasteiger partial charge in [-0.3, -0.25) is 9.69 Å². The van der Waals surface area contributed by atoms with E-state index in [0.717, 1.165) is 24.9 Å². The van der Waals surface area contributed by atoms with Crippen molar-refractivity contribution in [1.29, 1.82) is 0 Å². The SMILES string of the molecule is CCOC(=O)C1(CC=Cc2ccccc2)CCCN(CCO)C1. The van der Waals surface area contributed by atoms with E-state index in [9.17, 15) is 9.90 Å². The lowest BCUT2D eigenvalue weighted by Gasteiger charge is -2.40. The van der Waals surface area contributed by atoms with Crippen LogP contribution in [-0.2, 0) is 9.53 Å². The van der Waals surface area contributed by atoms with E-state index < -0.39 is 5.41 Å². The quantitative estimate of drug-likeness (QED) is 0.786. The Morgan fingerprint density at radius 1 is 1.39 bits per heavy atom. The normalized spacial score (nSPS) is 22.3. The predicted molar refractivity (Wildman–Crippen MR) is 91.9 cm³/mol. The van der Waals surface area contributed by atoms with Crippen LogP contribution < -0.4 is 0 Å². The van der Waals surface area contributed by atoms with E-state index >= 15 is 0 Å². The number of nitrogens with zero attached hydrogens (tertiary/aromatic N) is 1. The molecule has 1 aliphatic heterocycles. The fraction of sp³-hybridized carbons (Fsp3) is 0.526. The van der Waals surface area contributed by atoms with E-state index in [1.807, 2.05) is 37.3 Å². The number of benzene rings is 1. The van der Waals surface area contributed by atoms with E-state index in [1.165, 1.54) is 0 Å². The molecule has 126 valence electrons. The first-order valence-electron chi connectivity index (χ1n) is 8.42. The first-order chi connectivity index (χ1) is 11.2. The summed E-state index contributed by atoms with van der Waals surface area (Å²) in [6.07, 6.45) is 6.61. The second kappa shape index (κ2) is 8.85. The van der Waals surface area contributed by atoms with Crippen molar-refractivity contribution in [1.82, 2.24) is 4.90 Å². The van der Waals surface area contributed by atoms with Crippen LogP contribution in [0.25, 0.3) is 6.08 Å². The monoisotopic (exact) mass is 317 g/mol. The van der Waals surface area contributed by atoms with Crippen LogP contribution in [-0.4, -0.2) is 48.8 Å². The van der Waals surface area contributed by atoms with Crippen molar-refractivity contribution in [2.75, 3.05) is 32.8 Å². The standard InChI is InChI=1S/C19H27NO3/c1-2-23-18(22)19(12-7-13-20(16-19)14-15-21)11-6-10-17-8-4-3-5-9-17/h3-6,8-10,21H,2,7,11-16H2,1H3. The molecule has 0 saturated carbocycles. The molecule has 1 unspecified atom stereocenters. The molecule has 1 aromatic rings. The van der Waals surface area contributed by atoms with Crippen LogP contribution in [0.15, 0.2) is 36.4 Å². The van der Waals surface area contributed by atoms with Gasteiger partial charge in [0.05, 0.1) is 18.6 Å². The highest BCUT2D eigenvalue weighted by Gasteiger charge is 2.42. The Bertz CT molecular complexity index is 513. The molecule has 0 spiro atoms. The van der Waals surface area contributed by atoms with Crippen molar-refractivity contribution in [2.45, 2.75) is 26.2 Å². The number of hydrogen-bond acceptors (Lipinski definition) is 4. The smallest absolute Gasteiger partial charge is 0.313 e. The summed E-state index contributed by atoms with van der Waals surface area (Å²) >= 11 is 0. The fourth-order valence-corrected chi connectivity index (χ4v) is 3.24. The summed E-state index contributed by atoms with van der Waals surface area (Å²) in [5.74, 6) is -0.111. The van der Waals surface area contributed by atoms with Gasteiger partial charge in [0.15, 0.2) is 0 Å². The van der Waals surface area contributed by atoms with Crippen molar-refractivity contribution in [3.63, 3.8) is 0 Å². The van der Waals surface area contributed by atoms with Gasteiger partial charge in [0.1, 0.15) is 0 Å². The van der Waals surface area contributed by atoms with Crippen molar-refractivity contribution in [3.8, 4) is 0 Å². The molecule has 0 radical (unpaired) electrons. The topological polar surface area (TPSA) is 49.8 Å². The number of aliphatic hydroxyl groups is 1. The Morgan fingerprint density at radius 2 is 2.17 bits per heavy atom. The molecule has 0 aliphatic carbocycles. The molecule has 23 heavy (non-hydrogen) atoms. The Labute approximate surface area is 138 Å². The zero-order valence-corrected chi connectivity index (χ0v) is 13.9. The van der Waals surface area contributed by atoms with Gasteiger partial charge >= 0.3 is 5.97 Å². The van der Waals surface area contributed by atoms with Crippen LogP contribution in [0.5, 0.6) is 0 Å². The molecule has 1 saturated heterocycles. The maximum Gasteiger partial charge on any atom is 0.313 e. The van der Waals surface area contributed by atoms with Gasteiger partial charge in [0.25, 0.3) is 0 Å². The summed E-state index contributed by atoms with van der Waals surface area (Å²) in [6.45, 7) is 4.58. The van der Waals surface area contributed by atoms with Crippen LogP contribution in [0.4, 0.5) is 0 Å². The van der Waals surface area contributed by atoms with Gasteiger partial charge in [-0.05, 0) is 38.3 Å². The highest BCUT2D eigenvalue weighted by atomic mass is 16.5. The Kier molecular flexibility index (Phi) is 6.81. The van der Waals surface area contributed by atoms with Crippen molar-refractivity contribution < 1.29 is 14.6 Å². The third-order valence-corrected chi connectivity index (χ3v) is 4.40. The van der Waals surface area contributed by atoms with E-state index in [2.05, 4.69) is 17.1 Å². The molecule has 2 rings (SSSR count). The number of aliphatic hydroxyl groups excluding tert-OH is 1. The number of piperidine rings is 1. The second-order valence-electron chi connectivity index (χ2n) is 6.12. The van der Waals surface area contributed by atoms with Gasteiger partial charge in [-0.1, -0.05) is 42.5 Å².